The number of hydrogen-bond donors (Lipinski definition) is 0. The second-order valence-electron chi connectivity index (χ2n) is 5.43. The van der Waals surface area contributed by atoms with Gasteiger partial charge in [0.1, 0.15) is 5.65 Å². The molecule has 0 saturated carbocycles. The topological polar surface area (TPSA) is 70.7 Å². The summed E-state index contributed by atoms with van der Waals surface area (Å²) < 4.78 is 13.9. The van der Waals surface area contributed by atoms with Gasteiger partial charge in [0.15, 0.2) is 5.69 Å². The van der Waals surface area contributed by atoms with Crippen LogP contribution in [0.1, 0.15) is 23.5 Å². The number of ether oxygens (including phenoxy) is 2. The third-order valence-corrected chi connectivity index (χ3v) is 3.87. The largest absolute Gasteiger partial charge is 0.461 e. The average molecular weight is 312 g/mol. The van der Waals surface area contributed by atoms with E-state index in [4.69, 9.17) is 9.47 Å². The predicted molar refractivity (Wildman–Crippen MR) is 82.2 cm³/mol. The molecule has 1 fully saturated rings. The van der Waals surface area contributed by atoms with E-state index in [1.54, 1.807) is 13.1 Å². The molecule has 0 atom stereocenters. The van der Waals surface area contributed by atoms with Crippen LogP contribution in [0.25, 0.3) is 16.8 Å². The van der Waals surface area contributed by atoms with Crippen LogP contribution in [-0.2, 0) is 9.47 Å². The number of rotatable bonds is 4. The second kappa shape index (κ2) is 5.51. The summed E-state index contributed by atoms with van der Waals surface area (Å²) in [5, 5.41) is 4.39. The van der Waals surface area contributed by atoms with E-state index in [9.17, 15) is 4.79 Å². The van der Waals surface area contributed by atoms with Crippen molar-refractivity contribution >= 4 is 11.6 Å². The van der Waals surface area contributed by atoms with Gasteiger partial charge in [-0.2, -0.15) is 5.10 Å². The minimum atomic E-state index is -0.407. The molecule has 0 N–H and O–H groups in total. The van der Waals surface area contributed by atoms with Crippen LogP contribution in [0.15, 0.2) is 36.9 Å². The van der Waals surface area contributed by atoms with Crippen molar-refractivity contribution < 1.29 is 14.3 Å². The fourth-order valence-corrected chi connectivity index (χ4v) is 2.53. The van der Waals surface area contributed by atoms with Crippen LogP contribution in [0.5, 0.6) is 0 Å². The molecule has 0 spiro atoms. The summed E-state index contributed by atoms with van der Waals surface area (Å²) in [7, 11) is 0. The van der Waals surface area contributed by atoms with Crippen molar-refractivity contribution in [1.29, 1.82) is 0 Å². The Balaban J connectivity index is 1.65. The molecule has 0 radical (unpaired) electrons. The molecule has 1 aliphatic heterocycles. The van der Waals surface area contributed by atoms with Gasteiger partial charge in [-0.25, -0.2) is 9.78 Å². The minimum absolute atomic E-state index is 0.311. The lowest BCUT2D eigenvalue weighted by atomic mass is 10.1. The van der Waals surface area contributed by atoms with Crippen molar-refractivity contribution in [2.24, 2.45) is 0 Å². The molecule has 1 saturated heterocycles. The van der Waals surface area contributed by atoms with Crippen LogP contribution < -0.4 is 0 Å². The molecule has 3 aromatic rings. The maximum atomic E-state index is 11.8. The number of nitrogens with zero attached hydrogens (tertiary/aromatic N) is 4. The first-order chi connectivity index (χ1) is 11.2. The molecule has 23 heavy (non-hydrogen) atoms. The lowest BCUT2D eigenvalue weighted by molar-refractivity contribution is -0.0286. The van der Waals surface area contributed by atoms with Crippen molar-refractivity contribution in [3.05, 3.63) is 42.6 Å². The van der Waals surface area contributed by atoms with E-state index in [-0.39, 0.29) is 0 Å². The fourth-order valence-electron chi connectivity index (χ4n) is 2.53. The summed E-state index contributed by atoms with van der Waals surface area (Å²) >= 11 is 0. The first kappa shape index (κ1) is 14.0. The Labute approximate surface area is 132 Å². The third kappa shape index (κ3) is 2.49. The van der Waals surface area contributed by atoms with E-state index >= 15 is 0 Å². The van der Waals surface area contributed by atoms with Gasteiger partial charge in [-0.05, 0) is 19.1 Å². The predicted octanol–water partition coefficient (Wildman–Crippen LogP) is 1.95. The van der Waals surface area contributed by atoms with E-state index in [1.807, 2.05) is 39.8 Å². The van der Waals surface area contributed by atoms with Gasteiger partial charge in [-0.15, -0.1) is 0 Å². The van der Waals surface area contributed by atoms with Crippen LogP contribution in [0.3, 0.4) is 0 Å². The summed E-state index contributed by atoms with van der Waals surface area (Å²) in [6.45, 7) is 3.54. The van der Waals surface area contributed by atoms with Gasteiger partial charge < -0.3 is 13.9 Å². The Hall–Kier alpha value is -2.67. The van der Waals surface area contributed by atoms with Crippen LogP contribution in [-0.4, -0.2) is 45.0 Å². The fraction of sp³-hybridized carbons (Fsp3) is 0.312. The maximum Gasteiger partial charge on any atom is 0.358 e. The molecule has 0 unspecified atom stereocenters. The molecule has 4 rings (SSSR count). The number of carbonyl (C=O) groups excluding carboxylic acids is 1. The van der Waals surface area contributed by atoms with Gasteiger partial charge in [0.05, 0.1) is 32.1 Å². The van der Waals surface area contributed by atoms with Crippen LogP contribution in [0, 0.1) is 0 Å². The van der Waals surface area contributed by atoms with E-state index in [0.29, 0.717) is 37.2 Å². The number of aromatic nitrogens is 4. The van der Waals surface area contributed by atoms with Crippen molar-refractivity contribution in [1.82, 2.24) is 19.2 Å². The molecule has 7 nitrogen and oxygen atoms in total. The molecule has 4 heterocycles. The number of imidazole rings is 1. The molecule has 0 bridgehead atoms. The Bertz CT molecular complexity index is 863. The van der Waals surface area contributed by atoms with Crippen LogP contribution in [0.4, 0.5) is 0 Å². The molecule has 118 valence electrons. The average Bonchev–Trinajstić information content (AvgIpc) is 3.11. The molecular weight excluding hydrogens is 296 g/mol. The monoisotopic (exact) mass is 312 g/mol. The number of esters is 1. The molecule has 3 aromatic heterocycles. The first-order valence-corrected chi connectivity index (χ1v) is 7.53. The van der Waals surface area contributed by atoms with Gasteiger partial charge in [-0.3, -0.25) is 4.68 Å². The molecule has 0 aliphatic carbocycles. The van der Waals surface area contributed by atoms with Crippen molar-refractivity contribution in [2.75, 3.05) is 19.8 Å². The SMILES string of the molecule is CCOC(=O)c1cn2cc(-c3cnn(C4COC4)c3)ccc2n1. The summed E-state index contributed by atoms with van der Waals surface area (Å²) in [4.78, 5) is 16.0. The van der Waals surface area contributed by atoms with Gasteiger partial charge in [0, 0.05) is 29.7 Å². The zero-order valence-corrected chi connectivity index (χ0v) is 12.7. The van der Waals surface area contributed by atoms with Gasteiger partial charge in [0.25, 0.3) is 0 Å². The van der Waals surface area contributed by atoms with E-state index in [1.165, 1.54) is 0 Å². The summed E-state index contributed by atoms with van der Waals surface area (Å²) in [5.74, 6) is -0.407. The third-order valence-electron chi connectivity index (χ3n) is 3.87. The summed E-state index contributed by atoms with van der Waals surface area (Å²) in [5.41, 5.74) is 3.05. The quantitative estimate of drug-likeness (QED) is 0.689. The standard InChI is InChI=1S/C16H16N4O3/c1-2-23-16(21)14-8-19-6-11(3-4-15(19)18-14)12-5-17-20(7-12)13-9-22-10-13/h3-8,13H,2,9-10H2,1H3. The Morgan fingerprint density at radius 2 is 2.17 bits per heavy atom. The van der Waals surface area contributed by atoms with Crippen molar-refractivity contribution in [2.45, 2.75) is 13.0 Å². The lowest BCUT2D eigenvalue weighted by Crippen LogP contribution is -2.30. The Morgan fingerprint density at radius 1 is 1.30 bits per heavy atom. The second-order valence-corrected chi connectivity index (χ2v) is 5.43. The molecule has 7 heteroatoms. The zero-order chi connectivity index (χ0) is 15.8. The number of hydrogen-bond acceptors (Lipinski definition) is 5. The normalized spacial score (nSPS) is 14.8. The highest BCUT2D eigenvalue weighted by Crippen LogP contribution is 2.23. The van der Waals surface area contributed by atoms with E-state index < -0.39 is 5.97 Å². The summed E-state index contributed by atoms with van der Waals surface area (Å²) in [6.07, 6.45) is 7.46. The minimum Gasteiger partial charge on any atom is -0.461 e. The summed E-state index contributed by atoms with van der Waals surface area (Å²) in [6, 6.07) is 4.17. The number of carbonyl (C=O) groups is 1. The smallest absolute Gasteiger partial charge is 0.358 e. The Kier molecular flexibility index (Phi) is 3.34. The zero-order valence-electron chi connectivity index (χ0n) is 12.7. The van der Waals surface area contributed by atoms with Gasteiger partial charge in [-0.1, -0.05) is 0 Å². The van der Waals surface area contributed by atoms with Gasteiger partial charge >= 0.3 is 5.97 Å². The van der Waals surface area contributed by atoms with E-state index in [2.05, 4.69) is 10.1 Å². The molecular formula is C16H16N4O3. The van der Waals surface area contributed by atoms with E-state index in [0.717, 1.165) is 11.1 Å². The molecule has 0 amide bonds. The van der Waals surface area contributed by atoms with Crippen LogP contribution >= 0.6 is 0 Å². The van der Waals surface area contributed by atoms with Crippen molar-refractivity contribution in [3.63, 3.8) is 0 Å². The Morgan fingerprint density at radius 3 is 2.91 bits per heavy atom. The molecule has 1 aliphatic rings. The number of fused-ring (bicyclic) bond motifs is 1. The lowest BCUT2D eigenvalue weighted by Gasteiger charge is -2.25. The highest BCUT2D eigenvalue weighted by Gasteiger charge is 2.21. The molecule has 0 aromatic carbocycles. The first-order valence-electron chi connectivity index (χ1n) is 7.53. The van der Waals surface area contributed by atoms with Crippen molar-refractivity contribution in [3.8, 4) is 11.1 Å². The van der Waals surface area contributed by atoms with Gasteiger partial charge in [0.2, 0.25) is 0 Å². The highest BCUT2D eigenvalue weighted by molar-refractivity contribution is 5.88. The maximum absolute atomic E-state index is 11.8. The van der Waals surface area contributed by atoms with Crippen LogP contribution in [0.2, 0.25) is 0 Å². The highest BCUT2D eigenvalue weighted by atomic mass is 16.5. The number of pyridine rings is 1.